The van der Waals surface area contributed by atoms with Gasteiger partial charge in [-0.2, -0.15) is 0 Å². The molecule has 498 valence electrons. The van der Waals surface area contributed by atoms with Crippen LogP contribution in [0.15, 0.2) is 117 Å². The second-order valence-electron chi connectivity index (χ2n) is 23.7. The van der Waals surface area contributed by atoms with Crippen LogP contribution in [0.2, 0.25) is 0 Å². The third kappa shape index (κ3) is 353. The van der Waals surface area contributed by atoms with Gasteiger partial charge in [0.2, 0.25) is 0 Å². The normalized spacial score (nSPS) is 8.28. The van der Waals surface area contributed by atoms with Crippen molar-refractivity contribution < 1.29 is 0 Å². The van der Waals surface area contributed by atoms with Crippen LogP contribution in [0.5, 0.6) is 0 Å². The Morgan fingerprint density at radius 1 is 0.346 bits per heavy atom. The van der Waals surface area contributed by atoms with E-state index in [1.54, 1.807) is 0 Å². The Kier molecular flexibility index (Phi) is 190. The van der Waals surface area contributed by atoms with Crippen molar-refractivity contribution >= 4 is 0 Å². The lowest BCUT2D eigenvalue weighted by Crippen LogP contribution is -2.00. The summed E-state index contributed by atoms with van der Waals surface area (Å²) in [6.07, 6.45) is 15.5. The van der Waals surface area contributed by atoms with Gasteiger partial charge in [-0.25, -0.2) is 0 Å². The molecular formula is C81H174. The molecule has 3 rings (SSSR count). The van der Waals surface area contributed by atoms with Gasteiger partial charge in [0, 0.05) is 0 Å². The van der Waals surface area contributed by atoms with E-state index in [1.807, 2.05) is 70.2 Å². The highest BCUT2D eigenvalue weighted by Gasteiger charge is 2.03. The van der Waals surface area contributed by atoms with E-state index in [0.29, 0.717) is 10.8 Å². The summed E-state index contributed by atoms with van der Waals surface area (Å²) in [7, 11) is 0. The van der Waals surface area contributed by atoms with Gasteiger partial charge in [-0.15, -0.1) is 26.3 Å². The van der Waals surface area contributed by atoms with E-state index in [1.165, 1.54) is 87.3 Å². The second kappa shape index (κ2) is 124. The number of rotatable bonds is 7. The summed E-state index contributed by atoms with van der Waals surface area (Å²) in [6.45, 7) is 94.2. The van der Waals surface area contributed by atoms with Crippen LogP contribution in [0.4, 0.5) is 0 Å². The molecule has 3 aromatic carbocycles. The summed E-state index contributed by atoms with van der Waals surface area (Å²) >= 11 is 0. The summed E-state index contributed by atoms with van der Waals surface area (Å²) in [4.78, 5) is 0. The van der Waals surface area contributed by atoms with E-state index < -0.39 is 0 Å². The monoisotopic (exact) mass is 1150 g/mol. The van der Waals surface area contributed by atoms with Gasteiger partial charge in [-0.05, 0) is 66.3 Å². The smallest absolute Gasteiger partial charge is 0.0307 e. The van der Waals surface area contributed by atoms with Crippen molar-refractivity contribution in [3.63, 3.8) is 0 Å². The number of unbranched alkanes of at least 4 members (excludes halogenated alkanes) is 3. The minimum absolute atomic E-state index is 0. The van der Waals surface area contributed by atoms with Gasteiger partial charge < -0.3 is 0 Å². The Morgan fingerprint density at radius 3 is 0.543 bits per heavy atom. The average molecular weight is 1150 g/mol. The molecule has 3 aromatic rings. The fraction of sp³-hybridized carbons (Fsp3) is 0.728. The molecule has 0 radical (unpaired) electrons. The molecule has 0 heteroatoms. The summed E-state index contributed by atoms with van der Waals surface area (Å²) < 4.78 is 0. The van der Waals surface area contributed by atoms with Crippen LogP contribution in [0, 0.1) is 54.3 Å². The average Bonchev–Trinajstić information content (AvgIpc) is 3.40. The molecule has 0 aliphatic heterocycles. The zero-order valence-electron chi connectivity index (χ0n) is 63.4. The molecule has 0 amide bonds. The largest absolute Gasteiger partial charge is 0.106 e. The van der Waals surface area contributed by atoms with Crippen LogP contribution in [0.1, 0.15) is 351 Å². The SMILES string of the molecule is C.C.C=C.C=C.CC.CC.CC(C)(C)C.CC(C)C.CC(C)C.CCC.CCC.CCC(C)(C)C.CCC(C)C.CCC(C)C.CCC(C)C.CCCC.CCCCC.CCc1ccccc1.Cc1ccccc1.Cc1ccccc1. The van der Waals surface area contributed by atoms with Crippen LogP contribution >= 0.6 is 0 Å². The van der Waals surface area contributed by atoms with E-state index in [9.17, 15) is 0 Å². The second-order valence-corrected chi connectivity index (χ2v) is 23.7. The van der Waals surface area contributed by atoms with Gasteiger partial charge in [0.15, 0.2) is 0 Å². The molecule has 81 heavy (non-hydrogen) atoms. The van der Waals surface area contributed by atoms with Crippen LogP contribution < -0.4 is 0 Å². The Morgan fingerprint density at radius 2 is 0.494 bits per heavy atom. The molecule has 0 aliphatic rings. The zero-order valence-corrected chi connectivity index (χ0v) is 63.4. The quantitative estimate of drug-likeness (QED) is 0.207. The molecular weight excluding hydrogens is 973 g/mol. The number of aryl methyl sites for hydroxylation is 3. The Hall–Kier alpha value is -2.86. The fourth-order valence-corrected chi connectivity index (χ4v) is 2.14. The molecule has 0 atom stereocenters. The summed E-state index contributed by atoms with van der Waals surface area (Å²) in [5.74, 6) is 4.32. The van der Waals surface area contributed by atoms with Gasteiger partial charge in [0.1, 0.15) is 0 Å². The third-order valence-electron chi connectivity index (χ3n) is 7.85. The molecule has 0 aromatic heterocycles. The lowest BCUT2D eigenvalue weighted by molar-refractivity contribution is 0.398. The molecule has 0 unspecified atom stereocenters. The standard InChI is InChI=1S/C8H10.2C7H8.C6H14.5C5H12.3C4H10.2C3H8.2C2H6.2C2H4.2CH4/c1-2-8-6-4-3-5-7-8;2*1-7-5-3-2-4-6-7;1-5-6(2,3)4;1-5(2,3)4;3*1-4-5(2)3;1-3-5-4-2;2*1-4(2)3;1-3-4-2;2*1-3-2;4*1-2;;/h3-7H,2H2,1H3;2*2-6H,1H3;5H2,1-4H3;1-4H3;3*5H,4H2,1-3H3;3-5H2,1-2H3;2*4H,1-3H3;3-4H2,1-2H3;2*3H2,1-2H3;2*1-2H3;2*1-2H2;2*1H4. The Bertz CT molecular complexity index is 1090. The molecule has 0 spiro atoms. The summed E-state index contributed by atoms with van der Waals surface area (Å²) in [6, 6.07) is 31.0. The van der Waals surface area contributed by atoms with Crippen LogP contribution in [0.3, 0.4) is 0 Å². The molecule has 0 saturated heterocycles. The van der Waals surface area contributed by atoms with E-state index >= 15 is 0 Å². The first kappa shape index (κ1) is 124. The van der Waals surface area contributed by atoms with Crippen molar-refractivity contribution in [2.45, 2.75) is 355 Å². The van der Waals surface area contributed by atoms with Crippen LogP contribution in [-0.2, 0) is 6.42 Å². The highest BCUT2D eigenvalue weighted by molar-refractivity contribution is 5.14. The summed E-state index contributed by atoms with van der Waals surface area (Å²) in [5.41, 5.74) is 5.09. The topological polar surface area (TPSA) is 0 Å². The fourth-order valence-electron chi connectivity index (χ4n) is 2.14. The Labute approximate surface area is 526 Å². The first-order valence-electron chi connectivity index (χ1n) is 32.8. The highest BCUT2D eigenvalue weighted by atomic mass is 14.1. The number of hydrogen-bond acceptors (Lipinski definition) is 0. The van der Waals surface area contributed by atoms with Gasteiger partial charge >= 0.3 is 0 Å². The Balaban J connectivity index is -0.0000000362. The lowest BCUT2D eigenvalue weighted by Gasteiger charge is -2.12. The number of benzene rings is 3. The predicted molar refractivity (Wildman–Crippen MR) is 406 cm³/mol. The minimum atomic E-state index is 0. The summed E-state index contributed by atoms with van der Waals surface area (Å²) in [5, 5.41) is 0. The number of hydrogen-bond donors (Lipinski definition) is 0. The van der Waals surface area contributed by atoms with Gasteiger partial charge in [-0.3, -0.25) is 0 Å². The van der Waals surface area contributed by atoms with E-state index in [0.717, 1.165) is 36.0 Å². The molecule has 0 N–H and O–H groups in total. The molecule has 0 saturated carbocycles. The first-order valence-corrected chi connectivity index (χ1v) is 32.8. The van der Waals surface area contributed by atoms with Crippen molar-refractivity contribution in [2.24, 2.45) is 40.4 Å². The van der Waals surface area contributed by atoms with Crippen molar-refractivity contribution in [1.82, 2.24) is 0 Å². The molecule has 0 fully saturated rings. The lowest BCUT2D eigenvalue weighted by atomic mass is 9.94. The first-order chi connectivity index (χ1) is 36.7. The minimum Gasteiger partial charge on any atom is -0.106 e. The van der Waals surface area contributed by atoms with Gasteiger partial charge in [0.05, 0.1) is 0 Å². The maximum Gasteiger partial charge on any atom is -0.0307 e. The maximum absolute atomic E-state index is 3.00. The highest BCUT2D eigenvalue weighted by Crippen LogP contribution is 2.16. The van der Waals surface area contributed by atoms with E-state index in [2.05, 4.69) is 310 Å². The molecule has 0 heterocycles. The molecule has 0 aliphatic carbocycles. The zero-order chi connectivity index (χ0) is 66.7. The maximum atomic E-state index is 3.00. The predicted octanol–water partition coefficient (Wildman–Crippen LogP) is 32.0. The van der Waals surface area contributed by atoms with Crippen LogP contribution in [-0.4, -0.2) is 0 Å². The van der Waals surface area contributed by atoms with Crippen molar-refractivity contribution in [3.05, 3.63) is 134 Å². The van der Waals surface area contributed by atoms with Crippen molar-refractivity contribution in [1.29, 1.82) is 0 Å². The molecule has 0 nitrogen and oxygen atoms in total. The third-order valence-corrected chi connectivity index (χ3v) is 7.85. The van der Waals surface area contributed by atoms with Crippen LogP contribution in [0.25, 0.3) is 0 Å². The molecule has 0 bridgehead atoms. The van der Waals surface area contributed by atoms with Gasteiger partial charge in [-0.1, -0.05) is 437 Å². The van der Waals surface area contributed by atoms with Gasteiger partial charge in [0.25, 0.3) is 0 Å². The van der Waals surface area contributed by atoms with E-state index in [4.69, 9.17) is 0 Å². The van der Waals surface area contributed by atoms with E-state index in [-0.39, 0.29) is 14.9 Å². The van der Waals surface area contributed by atoms with Crippen molar-refractivity contribution in [2.75, 3.05) is 0 Å². The van der Waals surface area contributed by atoms with Crippen molar-refractivity contribution in [3.8, 4) is 0 Å².